The molecule has 1 aromatic heterocycles. The van der Waals surface area contributed by atoms with E-state index in [2.05, 4.69) is 15.9 Å². The van der Waals surface area contributed by atoms with Gasteiger partial charge in [-0.3, -0.25) is 14.2 Å². The average molecular weight is 426 g/mol. The van der Waals surface area contributed by atoms with Gasteiger partial charge in [-0.25, -0.2) is 0 Å². The molecular weight excluding hydrogens is 410 g/mol. The minimum Gasteiger partial charge on any atom is -0.294 e. The molecule has 0 spiro atoms. The summed E-state index contributed by atoms with van der Waals surface area (Å²) < 4.78 is 4.09. The van der Waals surface area contributed by atoms with Gasteiger partial charge in [0, 0.05) is 16.5 Å². The first kappa shape index (κ1) is 17.2. The fourth-order valence-corrected chi connectivity index (χ4v) is 4.61. The van der Waals surface area contributed by atoms with E-state index in [1.165, 1.54) is 11.3 Å². The van der Waals surface area contributed by atoms with Gasteiger partial charge < -0.3 is 0 Å². The van der Waals surface area contributed by atoms with Gasteiger partial charge in [0.05, 0.1) is 10.2 Å². The molecule has 3 nitrogen and oxygen atoms in total. The summed E-state index contributed by atoms with van der Waals surface area (Å²) in [5, 5.41) is 0. The van der Waals surface area contributed by atoms with Crippen LogP contribution >= 0.6 is 27.3 Å². The third-order valence-corrected chi connectivity index (χ3v) is 6.09. The van der Waals surface area contributed by atoms with E-state index >= 15 is 0 Å². The van der Waals surface area contributed by atoms with Gasteiger partial charge in [-0.1, -0.05) is 46.3 Å². The molecule has 26 heavy (non-hydrogen) atoms. The Morgan fingerprint density at radius 3 is 2.35 bits per heavy atom. The number of nitrogens with zero attached hydrogens (tertiary/aromatic N) is 1. The molecule has 4 rings (SSSR count). The van der Waals surface area contributed by atoms with Crippen LogP contribution in [0.3, 0.4) is 0 Å². The van der Waals surface area contributed by atoms with Crippen molar-refractivity contribution in [3.05, 3.63) is 84.2 Å². The Labute approximate surface area is 163 Å². The summed E-state index contributed by atoms with van der Waals surface area (Å²) in [5.41, 5.74) is 2.46. The first-order valence-corrected chi connectivity index (χ1v) is 10.1. The molecule has 0 unspecified atom stereocenters. The minimum absolute atomic E-state index is 0.0775. The van der Waals surface area contributed by atoms with Crippen LogP contribution in [0.15, 0.2) is 63.9 Å². The predicted molar refractivity (Wildman–Crippen MR) is 109 cm³/mol. The number of hydrogen-bond acceptors (Lipinski definition) is 3. The maximum Gasteiger partial charge on any atom is 0.273 e. The fourth-order valence-electron chi connectivity index (χ4n) is 3.15. The second kappa shape index (κ2) is 7.17. The van der Waals surface area contributed by atoms with Crippen molar-refractivity contribution in [3.63, 3.8) is 0 Å². The largest absolute Gasteiger partial charge is 0.294 e. The van der Waals surface area contributed by atoms with Gasteiger partial charge >= 0.3 is 0 Å². The first-order chi connectivity index (χ1) is 12.6. The zero-order valence-corrected chi connectivity index (χ0v) is 16.3. The number of ketones is 1. The summed E-state index contributed by atoms with van der Waals surface area (Å²) in [6.45, 7) is 0. The molecule has 1 saturated carbocycles. The topological polar surface area (TPSA) is 39.1 Å². The Hall–Kier alpha value is -2.24. The summed E-state index contributed by atoms with van der Waals surface area (Å²) in [7, 11) is 0. The van der Waals surface area contributed by atoms with Crippen LogP contribution in [0.5, 0.6) is 0 Å². The molecule has 3 aromatic rings. The third kappa shape index (κ3) is 3.24. The molecule has 0 radical (unpaired) electrons. The number of benzene rings is 2. The Kier molecular flexibility index (Phi) is 4.74. The number of hydrogen-bond donors (Lipinski definition) is 0. The van der Waals surface area contributed by atoms with E-state index in [0.29, 0.717) is 11.0 Å². The van der Waals surface area contributed by atoms with Gasteiger partial charge in [0.25, 0.3) is 5.56 Å². The lowest BCUT2D eigenvalue weighted by molar-refractivity contribution is -0.113. The maximum absolute atomic E-state index is 13.1. The Balaban J connectivity index is 2.02. The van der Waals surface area contributed by atoms with Gasteiger partial charge in [0.1, 0.15) is 4.66 Å². The summed E-state index contributed by atoms with van der Waals surface area (Å²) >= 11 is 4.83. The molecule has 1 aliphatic carbocycles. The van der Waals surface area contributed by atoms with Crippen LogP contribution in [-0.2, 0) is 4.79 Å². The van der Waals surface area contributed by atoms with Crippen LogP contribution in [-0.4, -0.2) is 10.4 Å². The average Bonchev–Trinajstić information content (AvgIpc) is 3.21. The molecule has 130 valence electrons. The maximum atomic E-state index is 13.1. The van der Waals surface area contributed by atoms with Crippen molar-refractivity contribution in [2.75, 3.05) is 0 Å². The summed E-state index contributed by atoms with van der Waals surface area (Å²) in [6.07, 6.45) is 4.06. The SMILES string of the molecule is O=C1CCCC1=c1sc(=Cc2ccc(Br)cc2)c(=O)n1-c1ccccc1. The van der Waals surface area contributed by atoms with Crippen LogP contribution in [0.4, 0.5) is 0 Å². The quantitative estimate of drug-likeness (QED) is 0.630. The molecule has 0 saturated heterocycles. The summed E-state index contributed by atoms with van der Waals surface area (Å²) in [5.74, 6) is 0.158. The number of Topliss-reactive ketones (excluding diaryl/α,β-unsaturated/α-hetero) is 1. The molecule has 0 bridgehead atoms. The molecule has 1 heterocycles. The number of carbonyl (C=O) groups is 1. The van der Waals surface area contributed by atoms with Crippen molar-refractivity contribution in [1.29, 1.82) is 0 Å². The standard InChI is InChI=1S/C21H16BrNO2S/c22-15-11-9-14(10-12-15)13-19-20(25)23(16-5-2-1-3-6-16)21(26-19)17-7-4-8-18(17)24/h1-3,5-6,9-13H,4,7-8H2. The molecule has 0 atom stereocenters. The van der Waals surface area contributed by atoms with Crippen molar-refractivity contribution >= 4 is 44.7 Å². The summed E-state index contributed by atoms with van der Waals surface area (Å²) in [6, 6.07) is 17.4. The van der Waals surface area contributed by atoms with E-state index in [0.717, 1.165) is 38.8 Å². The number of carbonyl (C=O) groups excluding carboxylic acids is 1. The molecule has 0 N–H and O–H groups in total. The van der Waals surface area contributed by atoms with Gasteiger partial charge in [-0.2, -0.15) is 0 Å². The van der Waals surface area contributed by atoms with E-state index in [1.807, 2.05) is 60.7 Å². The highest BCUT2D eigenvalue weighted by molar-refractivity contribution is 9.10. The first-order valence-electron chi connectivity index (χ1n) is 8.44. The lowest BCUT2D eigenvalue weighted by Crippen LogP contribution is -2.31. The van der Waals surface area contributed by atoms with Crippen molar-refractivity contribution in [1.82, 2.24) is 4.57 Å². The molecule has 1 fully saturated rings. The van der Waals surface area contributed by atoms with Crippen LogP contribution in [0, 0.1) is 0 Å². The van der Waals surface area contributed by atoms with Crippen LogP contribution < -0.4 is 14.8 Å². The highest BCUT2D eigenvalue weighted by atomic mass is 79.9. The van der Waals surface area contributed by atoms with Crippen molar-refractivity contribution in [2.45, 2.75) is 19.3 Å². The zero-order chi connectivity index (χ0) is 18.1. The van der Waals surface area contributed by atoms with Crippen LogP contribution in [0.25, 0.3) is 17.3 Å². The lowest BCUT2D eigenvalue weighted by atomic mass is 10.2. The number of rotatable bonds is 2. The number of halogens is 1. The van der Waals surface area contributed by atoms with Gasteiger partial charge in [-0.15, -0.1) is 11.3 Å². The van der Waals surface area contributed by atoms with E-state index in [-0.39, 0.29) is 11.3 Å². The third-order valence-electron chi connectivity index (χ3n) is 4.43. The molecule has 2 aromatic carbocycles. The van der Waals surface area contributed by atoms with Crippen LogP contribution in [0.1, 0.15) is 24.8 Å². The van der Waals surface area contributed by atoms with Gasteiger partial charge in [0.15, 0.2) is 5.78 Å². The Bertz CT molecular complexity index is 1140. The van der Waals surface area contributed by atoms with E-state index in [1.54, 1.807) is 4.57 Å². The highest BCUT2D eigenvalue weighted by Gasteiger charge is 2.21. The van der Waals surface area contributed by atoms with Crippen molar-refractivity contribution < 1.29 is 4.79 Å². The van der Waals surface area contributed by atoms with Gasteiger partial charge in [0.2, 0.25) is 0 Å². The number of para-hydroxylation sites is 1. The minimum atomic E-state index is -0.0775. The molecule has 1 aliphatic rings. The monoisotopic (exact) mass is 425 g/mol. The lowest BCUT2D eigenvalue weighted by Gasteiger charge is -2.03. The smallest absolute Gasteiger partial charge is 0.273 e. The van der Waals surface area contributed by atoms with E-state index < -0.39 is 0 Å². The number of thiazole rings is 1. The molecular formula is C21H16BrNO2S. The second-order valence-electron chi connectivity index (χ2n) is 6.20. The van der Waals surface area contributed by atoms with Gasteiger partial charge in [-0.05, 0) is 48.7 Å². The second-order valence-corrected chi connectivity index (χ2v) is 8.15. The van der Waals surface area contributed by atoms with E-state index in [4.69, 9.17) is 0 Å². The molecule has 0 amide bonds. The number of aromatic nitrogens is 1. The fraction of sp³-hybridized carbons (Fsp3) is 0.143. The predicted octanol–water partition coefficient (Wildman–Crippen LogP) is 3.39. The highest BCUT2D eigenvalue weighted by Crippen LogP contribution is 2.20. The van der Waals surface area contributed by atoms with Crippen LogP contribution in [0.2, 0.25) is 0 Å². The Morgan fingerprint density at radius 1 is 0.962 bits per heavy atom. The molecule has 5 heteroatoms. The Morgan fingerprint density at radius 2 is 1.69 bits per heavy atom. The van der Waals surface area contributed by atoms with Crippen molar-refractivity contribution in [3.8, 4) is 5.69 Å². The summed E-state index contributed by atoms with van der Waals surface area (Å²) in [4.78, 5) is 25.4. The normalized spacial score (nSPS) is 17.1. The zero-order valence-electron chi connectivity index (χ0n) is 13.9. The van der Waals surface area contributed by atoms with Crippen molar-refractivity contribution in [2.24, 2.45) is 0 Å². The molecule has 0 aliphatic heterocycles. The van der Waals surface area contributed by atoms with E-state index in [9.17, 15) is 9.59 Å².